The van der Waals surface area contributed by atoms with Crippen molar-refractivity contribution in [2.45, 2.75) is 13.3 Å². The molecule has 2 aliphatic rings. The van der Waals surface area contributed by atoms with Crippen molar-refractivity contribution in [2.75, 3.05) is 19.7 Å². The number of aryl methyl sites for hydroxylation is 1. The van der Waals surface area contributed by atoms with Crippen LogP contribution in [-0.4, -0.2) is 46.6 Å². The average molecular weight is 368 g/mol. The van der Waals surface area contributed by atoms with Gasteiger partial charge in [-0.3, -0.25) is 14.4 Å². The van der Waals surface area contributed by atoms with E-state index in [2.05, 4.69) is 4.98 Å². The number of rotatable bonds is 2. The van der Waals surface area contributed by atoms with E-state index in [1.165, 1.54) is 17.2 Å². The van der Waals surface area contributed by atoms with Crippen molar-refractivity contribution >= 4 is 11.9 Å². The number of pyridine rings is 1. The van der Waals surface area contributed by atoms with Crippen molar-refractivity contribution < 1.29 is 19.4 Å². The molecular weight excluding hydrogens is 348 g/mol. The molecule has 0 saturated carbocycles. The Bertz CT molecular complexity index is 982. The predicted octanol–water partition coefficient (Wildman–Crippen LogP) is 1.46. The van der Waals surface area contributed by atoms with Crippen LogP contribution in [0.2, 0.25) is 0 Å². The van der Waals surface area contributed by atoms with Gasteiger partial charge in [-0.25, -0.2) is 0 Å². The van der Waals surface area contributed by atoms with Crippen LogP contribution < -0.4 is 10.2 Å². The lowest BCUT2D eigenvalue weighted by Gasteiger charge is -2.27. The Kier molecular flexibility index (Phi) is 4.02. The van der Waals surface area contributed by atoms with E-state index in [-0.39, 0.29) is 43.0 Å². The number of nitrogens with zero attached hydrogens (tertiary/aromatic N) is 1. The molecule has 1 fully saturated rings. The fourth-order valence-electron chi connectivity index (χ4n) is 4.09. The zero-order chi connectivity index (χ0) is 19.2. The zero-order valence-corrected chi connectivity index (χ0v) is 14.9. The number of carbonyl (C=O) groups excluding carboxylic acids is 1. The SMILES string of the molecule is Cc1cc(=O)c(C(=O)N2C[C@H]3COc4ccccc4C[C@@]3(C(=O)O)C2)c[nH]1. The van der Waals surface area contributed by atoms with E-state index in [0.717, 1.165) is 5.56 Å². The minimum atomic E-state index is -1.13. The number of likely N-dealkylation sites (tertiary alicyclic amines) is 1. The van der Waals surface area contributed by atoms with Crippen LogP contribution in [0, 0.1) is 18.3 Å². The molecule has 140 valence electrons. The molecule has 0 aliphatic carbocycles. The predicted molar refractivity (Wildman–Crippen MR) is 96.9 cm³/mol. The van der Waals surface area contributed by atoms with Gasteiger partial charge in [-0.2, -0.15) is 0 Å². The lowest BCUT2D eigenvalue weighted by molar-refractivity contribution is -0.150. The van der Waals surface area contributed by atoms with Gasteiger partial charge in [-0.05, 0) is 25.0 Å². The Balaban J connectivity index is 1.68. The molecule has 4 rings (SSSR count). The number of amides is 1. The summed E-state index contributed by atoms with van der Waals surface area (Å²) < 4.78 is 5.84. The smallest absolute Gasteiger partial charge is 0.312 e. The molecule has 0 unspecified atom stereocenters. The molecule has 1 amide bonds. The number of aliphatic carboxylic acids is 1. The van der Waals surface area contributed by atoms with Gasteiger partial charge >= 0.3 is 5.97 Å². The van der Waals surface area contributed by atoms with E-state index in [0.29, 0.717) is 11.4 Å². The van der Waals surface area contributed by atoms with Gasteiger partial charge in [0.2, 0.25) is 0 Å². The summed E-state index contributed by atoms with van der Waals surface area (Å²) in [7, 11) is 0. The highest BCUT2D eigenvalue weighted by molar-refractivity contribution is 5.95. The van der Waals surface area contributed by atoms with Crippen molar-refractivity contribution in [1.29, 1.82) is 0 Å². The number of hydrogen-bond acceptors (Lipinski definition) is 4. The van der Waals surface area contributed by atoms with Crippen LogP contribution in [0.3, 0.4) is 0 Å². The third-order valence-corrected chi connectivity index (χ3v) is 5.61. The molecule has 2 N–H and O–H groups in total. The van der Waals surface area contributed by atoms with Gasteiger partial charge in [0, 0.05) is 37.0 Å². The maximum atomic E-state index is 12.9. The third kappa shape index (κ3) is 2.79. The summed E-state index contributed by atoms with van der Waals surface area (Å²) in [5.74, 6) is -1.05. The Morgan fingerprint density at radius 3 is 2.85 bits per heavy atom. The number of carboxylic acids is 1. The zero-order valence-electron chi connectivity index (χ0n) is 14.9. The van der Waals surface area contributed by atoms with Gasteiger partial charge in [0.1, 0.15) is 11.3 Å². The summed E-state index contributed by atoms with van der Waals surface area (Å²) in [6.45, 7) is 2.25. The van der Waals surface area contributed by atoms with E-state index in [1.807, 2.05) is 24.3 Å². The summed E-state index contributed by atoms with van der Waals surface area (Å²) in [4.78, 5) is 41.7. The van der Waals surface area contributed by atoms with E-state index in [1.54, 1.807) is 6.92 Å². The first-order valence-corrected chi connectivity index (χ1v) is 8.83. The Morgan fingerprint density at radius 1 is 1.33 bits per heavy atom. The number of carbonyl (C=O) groups is 2. The highest BCUT2D eigenvalue weighted by atomic mass is 16.5. The second-order valence-corrected chi connectivity index (χ2v) is 7.33. The molecule has 27 heavy (non-hydrogen) atoms. The summed E-state index contributed by atoms with van der Waals surface area (Å²) in [6, 6.07) is 8.76. The normalized spacial score (nSPS) is 23.7. The summed E-state index contributed by atoms with van der Waals surface area (Å²) >= 11 is 0. The van der Waals surface area contributed by atoms with E-state index in [4.69, 9.17) is 4.74 Å². The first-order chi connectivity index (χ1) is 12.9. The number of carboxylic acid groups (broad SMARTS) is 1. The van der Waals surface area contributed by atoms with Gasteiger partial charge in [0.15, 0.2) is 5.43 Å². The van der Waals surface area contributed by atoms with Crippen LogP contribution in [-0.2, 0) is 11.2 Å². The monoisotopic (exact) mass is 368 g/mol. The molecule has 1 aromatic carbocycles. The van der Waals surface area contributed by atoms with Gasteiger partial charge in [0.25, 0.3) is 5.91 Å². The number of aromatic nitrogens is 1. The number of benzene rings is 1. The Morgan fingerprint density at radius 2 is 2.11 bits per heavy atom. The molecule has 0 bridgehead atoms. The number of hydrogen-bond donors (Lipinski definition) is 2. The van der Waals surface area contributed by atoms with Gasteiger partial charge < -0.3 is 19.7 Å². The summed E-state index contributed by atoms with van der Waals surface area (Å²) in [5, 5.41) is 10.0. The molecule has 1 saturated heterocycles. The topological polar surface area (TPSA) is 99.7 Å². The van der Waals surface area contributed by atoms with Gasteiger partial charge in [0.05, 0.1) is 12.0 Å². The summed E-state index contributed by atoms with van der Waals surface area (Å²) in [5.41, 5.74) is 0.0213. The molecule has 0 radical (unpaired) electrons. The molecule has 2 atom stereocenters. The van der Waals surface area contributed by atoms with E-state index in [9.17, 15) is 19.5 Å². The average Bonchev–Trinajstić information content (AvgIpc) is 2.92. The minimum Gasteiger partial charge on any atom is -0.493 e. The maximum absolute atomic E-state index is 12.9. The molecule has 2 aliphatic heterocycles. The largest absolute Gasteiger partial charge is 0.493 e. The minimum absolute atomic E-state index is 0.0268. The van der Waals surface area contributed by atoms with Crippen LogP contribution in [0.5, 0.6) is 5.75 Å². The van der Waals surface area contributed by atoms with Crippen molar-refractivity contribution in [1.82, 2.24) is 9.88 Å². The van der Waals surface area contributed by atoms with Crippen molar-refractivity contribution in [3.8, 4) is 5.75 Å². The van der Waals surface area contributed by atoms with E-state index < -0.39 is 17.3 Å². The second kappa shape index (κ2) is 6.26. The summed E-state index contributed by atoms with van der Waals surface area (Å²) in [6.07, 6.45) is 1.69. The number of nitrogens with one attached hydrogen (secondary N) is 1. The number of aromatic amines is 1. The second-order valence-electron chi connectivity index (χ2n) is 7.33. The quantitative estimate of drug-likeness (QED) is 0.836. The molecule has 3 heterocycles. The first kappa shape index (κ1) is 17.3. The number of fused-ring (bicyclic) bond motifs is 2. The maximum Gasteiger partial charge on any atom is 0.312 e. The van der Waals surface area contributed by atoms with Crippen LogP contribution in [0.15, 0.2) is 41.3 Å². The van der Waals surface area contributed by atoms with Crippen LogP contribution in [0.1, 0.15) is 21.6 Å². The number of H-pyrrole nitrogens is 1. The lowest BCUT2D eigenvalue weighted by Crippen LogP contribution is -2.42. The Labute approximate surface area is 155 Å². The Hall–Kier alpha value is -3.09. The number of para-hydroxylation sites is 1. The van der Waals surface area contributed by atoms with Crippen LogP contribution in [0.4, 0.5) is 0 Å². The van der Waals surface area contributed by atoms with Crippen molar-refractivity contribution in [2.24, 2.45) is 11.3 Å². The highest BCUT2D eigenvalue weighted by Crippen LogP contribution is 2.44. The first-order valence-electron chi connectivity index (χ1n) is 8.83. The van der Waals surface area contributed by atoms with Gasteiger partial charge in [-0.1, -0.05) is 18.2 Å². The number of ether oxygens (including phenoxy) is 1. The van der Waals surface area contributed by atoms with Crippen molar-refractivity contribution in [3.05, 3.63) is 63.6 Å². The molecule has 7 nitrogen and oxygen atoms in total. The van der Waals surface area contributed by atoms with Crippen LogP contribution in [0.25, 0.3) is 0 Å². The molecule has 0 spiro atoms. The molecule has 1 aromatic heterocycles. The van der Waals surface area contributed by atoms with Gasteiger partial charge in [-0.15, -0.1) is 0 Å². The molecule has 2 aromatic rings. The highest BCUT2D eigenvalue weighted by Gasteiger charge is 2.55. The van der Waals surface area contributed by atoms with Crippen molar-refractivity contribution in [3.63, 3.8) is 0 Å². The van der Waals surface area contributed by atoms with E-state index >= 15 is 0 Å². The third-order valence-electron chi connectivity index (χ3n) is 5.61. The van der Waals surface area contributed by atoms with Crippen LogP contribution >= 0.6 is 0 Å². The standard InChI is InChI=1S/C20H20N2O5/c1-12-6-16(23)15(8-21-12)18(24)22-9-14-10-27-17-5-3-2-4-13(17)7-20(14,11-22)19(25)26/h2-6,8,14H,7,9-11H2,1H3,(H,21,23)(H,25,26)/t14-,20+/m0/s1. The molecular formula is C20H20N2O5. The fraction of sp³-hybridized carbons (Fsp3) is 0.350. The fourth-order valence-corrected chi connectivity index (χ4v) is 4.09. The molecule has 7 heteroatoms. The lowest BCUT2D eigenvalue weighted by atomic mass is 9.74.